The lowest BCUT2D eigenvalue weighted by Gasteiger charge is -2.20. The van der Waals surface area contributed by atoms with Gasteiger partial charge in [-0.15, -0.1) is 0 Å². The maximum Gasteiger partial charge on any atom is 0.341 e. The molecule has 1 aromatic carbocycles. The molecule has 0 unspecified atom stereocenters. The zero-order valence-electron chi connectivity index (χ0n) is 11.7. The van der Waals surface area contributed by atoms with Crippen molar-refractivity contribution in [3.8, 4) is 5.75 Å². The van der Waals surface area contributed by atoms with E-state index in [1.54, 1.807) is 0 Å². The van der Waals surface area contributed by atoms with Crippen molar-refractivity contribution >= 4 is 5.97 Å². The molecule has 0 aromatic heterocycles. The van der Waals surface area contributed by atoms with Crippen molar-refractivity contribution in [2.75, 3.05) is 33.4 Å². The lowest BCUT2D eigenvalue weighted by atomic mass is 10.1. The third kappa shape index (κ3) is 4.83. The van der Waals surface area contributed by atoms with E-state index in [1.807, 2.05) is 24.3 Å². The van der Waals surface area contributed by atoms with Crippen molar-refractivity contribution in [3.05, 3.63) is 29.8 Å². The number of benzene rings is 1. The van der Waals surface area contributed by atoms with Gasteiger partial charge in [0.25, 0.3) is 0 Å². The first-order chi connectivity index (χ1) is 9.63. The van der Waals surface area contributed by atoms with E-state index in [0.717, 1.165) is 32.7 Å². The molecule has 2 rings (SSSR count). The van der Waals surface area contributed by atoms with Gasteiger partial charge in [0.05, 0.1) is 6.61 Å². The molecule has 1 aromatic rings. The van der Waals surface area contributed by atoms with Crippen LogP contribution in [-0.2, 0) is 16.1 Å². The summed E-state index contributed by atoms with van der Waals surface area (Å²) in [7, 11) is 2.10. The molecule has 0 bridgehead atoms. The number of carbonyl (C=O) groups is 1. The molecule has 0 amide bonds. The second-order valence-corrected chi connectivity index (χ2v) is 5.25. The smallest absolute Gasteiger partial charge is 0.341 e. The van der Waals surface area contributed by atoms with Crippen LogP contribution in [0.4, 0.5) is 0 Å². The van der Waals surface area contributed by atoms with E-state index in [-0.39, 0.29) is 6.61 Å². The number of ether oxygens (including phenoxy) is 2. The predicted molar refractivity (Wildman–Crippen MR) is 74.8 cm³/mol. The molecule has 1 aliphatic rings. The Morgan fingerprint density at radius 3 is 2.80 bits per heavy atom. The summed E-state index contributed by atoms with van der Waals surface area (Å²) in [6.45, 7) is 3.36. The van der Waals surface area contributed by atoms with E-state index in [9.17, 15) is 4.79 Å². The SMILES string of the molecule is CN(Cc1ccc(OCC(=O)O)cc1)C[C@H]1CCOC1. The van der Waals surface area contributed by atoms with Crippen molar-refractivity contribution in [2.45, 2.75) is 13.0 Å². The quantitative estimate of drug-likeness (QED) is 0.822. The molecule has 1 heterocycles. The monoisotopic (exact) mass is 279 g/mol. The van der Waals surface area contributed by atoms with Crippen molar-refractivity contribution < 1.29 is 19.4 Å². The van der Waals surface area contributed by atoms with Crippen LogP contribution >= 0.6 is 0 Å². The normalized spacial score (nSPS) is 18.4. The van der Waals surface area contributed by atoms with Gasteiger partial charge in [-0.1, -0.05) is 12.1 Å². The van der Waals surface area contributed by atoms with E-state index >= 15 is 0 Å². The average Bonchev–Trinajstić information content (AvgIpc) is 2.90. The fraction of sp³-hybridized carbons (Fsp3) is 0.533. The third-order valence-corrected chi connectivity index (χ3v) is 3.33. The summed E-state index contributed by atoms with van der Waals surface area (Å²) >= 11 is 0. The van der Waals surface area contributed by atoms with Gasteiger partial charge in [0.2, 0.25) is 0 Å². The van der Waals surface area contributed by atoms with Gasteiger partial charge < -0.3 is 19.5 Å². The molecule has 0 radical (unpaired) electrons. The first-order valence-electron chi connectivity index (χ1n) is 6.83. The topological polar surface area (TPSA) is 59.0 Å². The molecule has 0 aliphatic carbocycles. The summed E-state index contributed by atoms with van der Waals surface area (Å²) in [6.07, 6.45) is 1.15. The van der Waals surface area contributed by atoms with Crippen LogP contribution in [-0.4, -0.2) is 49.4 Å². The number of carboxylic acids is 1. The average molecular weight is 279 g/mol. The van der Waals surface area contributed by atoms with Crippen LogP contribution < -0.4 is 4.74 Å². The van der Waals surface area contributed by atoms with Crippen molar-refractivity contribution in [2.24, 2.45) is 5.92 Å². The molecule has 110 valence electrons. The van der Waals surface area contributed by atoms with Crippen LogP contribution in [0.25, 0.3) is 0 Å². The second kappa shape index (κ2) is 7.26. The Labute approximate surface area is 119 Å². The van der Waals surface area contributed by atoms with Crippen molar-refractivity contribution in [1.29, 1.82) is 0 Å². The summed E-state index contributed by atoms with van der Waals surface area (Å²) in [5.74, 6) is 0.258. The van der Waals surface area contributed by atoms with E-state index in [2.05, 4.69) is 11.9 Å². The van der Waals surface area contributed by atoms with Crippen LogP contribution in [0.5, 0.6) is 5.75 Å². The summed E-state index contributed by atoms with van der Waals surface area (Å²) in [5, 5.41) is 8.54. The molecule has 1 fully saturated rings. The molecule has 0 spiro atoms. The van der Waals surface area contributed by atoms with Crippen molar-refractivity contribution in [1.82, 2.24) is 4.90 Å². The van der Waals surface area contributed by atoms with Crippen LogP contribution in [0.15, 0.2) is 24.3 Å². The number of nitrogens with zero attached hydrogens (tertiary/aromatic N) is 1. The summed E-state index contributed by atoms with van der Waals surface area (Å²) in [5.41, 5.74) is 1.19. The van der Waals surface area contributed by atoms with Gasteiger partial charge in [0.1, 0.15) is 5.75 Å². The standard InChI is InChI=1S/C15H21NO4/c1-16(9-13-6-7-19-10-13)8-12-2-4-14(5-3-12)20-11-15(17)18/h2-5,13H,6-11H2,1H3,(H,17,18)/t13-/m1/s1. The van der Waals surface area contributed by atoms with E-state index in [4.69, 9.17) is 14.6 Å². The Kier molecular flexibility index (Phi) is 5.38. The lowest BCUT2D eigenvalue weighted by molar-refractivity contribution is -0.139. The Balaban J connectivity index is 1.78. The number of hydrogen-bond acceptors (Lipinski definition) is 4. The van der Waals surface area contributed by atoms with Gasteiger partial charge in [0.15, 0.2) is 6.61 Å². The first kappa shape index (κ1) is 14.8. The van der Waals surface area contributed by atoms with Crippen LogP contribution in [0.2, 0.25) is 0 Å². The summed E-state index contributed by atoms with van der Waals surface area (Å²) in [6, 6.07) is 7.56. The highest BCUT2D eigenvalue weighted by Crippen LogP contribution is 2.16. The molecule has 1 atom stereocenters. The fourth-order valence-electron chi connectivity index (χ4n) is 2.38. The molecule has 5 heteroatoms. The minimum absolute atomic E-state index is 0.305. The molecule has 1 N–H and O–H groups in total. The third-order valence-electron chi connectivity index (χ3n) is 3.33. The number of rotatable bonds is 7. The molecule has 20 heavy (non-hydrogen) atoms. The zero-order chi connectivity index (χ0) is 14.4. The van der Waals surface area contributed by atoms with Crippen molar-refractivity contribution in [3.63, 3.8) is 0 Å². The van der Waals surface area contributed by atoms with Crippen LogP contribution in [0.3, 0.4) is 0 Å². The Bertz CT molecular complexity index is 426. The van der Waals surface area contributed by atoms with Crippen LogP contribution in [0.1, 0.15) is 12.0 Å². The van der Waals surface area contributed by atoms with Crippen LogP contribution in [0, 0.1) is 5.92 Å². The Morgan fingerprint density at radius 1 is 1.45 bits per heavy atom. The summed E-state index contributed by atoms with van der Waals surface area (Å²) in [4.78, 5) is 12.7. The Morgan fingerprint density at radius 2 is 2.20 bits per heavy atom. The maximum atomic E-state index is 10.4. The second-order valence-electron chi connectivity index (χ2n) is 5.25. The Hall–Kier alpha value is -1.59. The highest BCUT2D eigenvalue weighted by Gasteiger charge is 2.17. The first-order valence-corrected chi connectivity index (χ1v) is 6.83. The minimum Gasteiger partial charge on any atom is -0.482 e. The molecule has 0 saturated carbocycles. The van der Waals surface area contributed by atoms with E-state index < -0.39 is 5.97 Å². The molecule has 5 nitrogen and oxygen atoms in total. The van der Waals surface area contributed by atoms with E-state index in [1.165, 1.54) is 5.56 Å². The van der Waals surface area contributed by atoms with E-state index in [0.29, 0.717) is 11.7 Å². The molecule has 1 saturated heterocycles. The highest BCUT2D eigenvalue weighted by atomic mass is 16.5. The largest absolute Gasteiger partial charge is 0.482 e. The number of carboxylic acid groups (broad SMARTS) is 1. The van der Waals surface area contributed by atoms with Gasteiger partial charge in [-0.05, 0) is 37.1 Å². The van der Waals surface area contributed by atoms with Gasteiger partial charge in [0, 0.05) is 19.7 Å². The van der Waals surface area contributed by atoms with Gasteiger partial charge >= 0.3 is 5.97 Å². The maximum absolute atomic E-state index is 10.4. The van der Waals surface area contributed by atoms with Gasteiger partial charge in [-0.3, -0.25) is 0 Å². The predicted octanol–water partition coefficient (Wildman–Crippen LogP) is 1.62. The van der Waals surface area contributed by atoms with Gasteiger partial charge in [-0.2, -0.15) is 0 Å². The molecular weight excluding hydrogens is 258 g/mol. The number of hydrogen-bond donors (Lipinski definition) is 1. The molecule has 1 aliphatic heterocycles. The summed E-state index contributed by atoms with van der Waals surface area (Å²) < 4.78 is 10.5. The zero-order valence-corrected chi connectivity index (χ0v) is 11.7. The lowest BCUT2D eigenvalue weighted by Crippen LogP contribution is -2.25. The fourth-order valence-corrected chi connectivity index (χ4v) is 2.38. The number of aliphatic carboxylic acids is 1. The minimum atomic E-state index is -0.965. The highest BCUT2D eigenvalue weighted by molar-refractivity contribution is 5.68. The molecular formula is C15H21NO4. The van der Waals surface area contributed by atoms with Gasteiger partial charge in [-0.25, -0.2) is 4.79 Å².